The van der Waals surface area contributed by atoms with Crippen LogP contribution >= 0.6 is 0 Å². The van der Waals surface area contributed by atoms with Crippen LogP contribution in [0.3, 0.4) is 0 Å². The third-order valence-electron chi connectivity index (χ3n) is 8.86. The Labute approximate surface area is 285 Å². The Hall–Kier alpha value is -6.06. The van der Waals surface area contributed by atoms with Crippen molar-refractivity contribution in [2.45, 2.75) is 51.2 Å². The number of benzene rings is 3. The second-order valence-corrected chi connectivity index (χ2v) is 12.1. The first-order chi connectivity index (χ1) is 23.6. The van der Waals surface area contributed by atoms with Gasteiger partial charge in [0.25, 0.3) is 5.69 Å². The standard InChI is InChI=1S/C34H35N3O13/c1-16-33(43)35-32(20-11-17(37(44)45)12-25(48-6)31(20)49-15-28(41)42)36(16)26(38)13-18-23(46-4)9-7-21-29(18)50-30-19(14-27(39)40)24(47-5)10-8-22(30)34(21,2)3/h7-12,16,32H,13-15H2,1-6H3,(H,35,43)(H,39,40)(H,41,42)/t16-,32+/m0/s1. The maximum absolute atomic E-state index is 14.4. The van der Waals surface area contributed by atoms with Crippen molar-refractivity contribution in [1.29, 1.82) is 0 Å². The number of nitrogens with one attached hydrogen (secondary N) is 1. The summed E-state index contributed by atoms with van der Waals surface area (Å²) in [4.78, 5) is 63.1. The lowest BCUT2D eigenvalue weighted by Crippen LogP contribution is -2.39. The maximum Gasteiger partial charge on any atom is 0.341 e. The monoisotopic (exact) mass is 693 g/mol. The molecule has 1 fully saturated rings. The van der Waals surface area contributed by atoms with Gasteiger partial charge in [-0.2, -0.15) is 0 Å². The molecule has 2 amide bonds. The second-order valence-electron chi connectivity index (χ2n) is 12.1. The minimum absolute atomic E-state index is 0.0814. The van der Waals surface area contributed by atoms with Crippen molar-refractivity contribution in [2.75, 3.05) is 27.9 Å². The van der Waals surface area contributed by atoms with Gasteiger partial charge in [-0.05, 0) is 19.1 Å². The summed E-state index contributed by atoms with van der Waals surface area (Å²) in [7, 11) is 4.03. The number of carbonyl (C=O) groups is 4. The van der Waals surface area contributed by atoms with Crippen LogP contribution in [0.4, 0.5) is 5.69 Å². The zero-order valence-electron chi connectivity index (χ0n) is 28.0. The lowest BCUT2D eigenvalue weighted by molar-refractivity contribution is -0.385. The SMILES string of the molecule is COc1ccc2c(c1CC(=O)O)Oc1c(ccc(OC)c1CC(=O)N1[C@@H](C)C(=O)N[C@H]1c1cc([N+](=O)[O-])cc(OC)c1OCC(=O)O)C2(C)C. The van der Waals surface area contributed by atoms with E-state index < -0.39 is 71.4 Å². The number of non-ortho nitro benzene ring substituents is 1. The molecule has 16 heteroatoms. The molecule has 5 rings (SSSR count). The number of fused-ring (bicyclic) bond motifs is 2. The number of carboxylic acid groups (broad SMARTS) is 2. The van der Waals surface area contributed by atoms with Crippen molar-refractivity contribution in [1.82, 2.24) is 10.2 Å². The first kappa shape index (κ1) is 35.3. The average Bonchev–Trinajstić information content (AvgIpc) is 3.36. The van der Waals surface area contributed by atoms with E-state index in [1.807, 2.05) is 13.8 Å². The Morgan fingerprint density at radius 2 is 1.48 bits per heavy atom. The molecule has 1 saturated heterocycles. The molecule has 2 heterocycles. The number of hydrogen-bond donors (Lipinski definition) is 3. The molecule has 264 valence electrons. The van der Waals surface area contributed by atoms with E-state index in [1.54, 1.807) is 24.3 Å². The van der Waals surface area contributed by atoms with Gasteiger partial charge in [-0.3, -0.25) is 24.5 Å². The third-order valence-corrected chi connectivity index (χ3v) is 8.86. The zero-order valence-corrected chi connectivity index (χ0v) is 28.0. The highest BCUT2D eigenvalue weighted by Crippen LogP contribution is 2.54. The molecule has 3 aromatic rings. The number of hydrogen-bond acceptors (Lipinski definition) is 11. The summed E-state index contributed by atoms with van der Waals surface area (Å²) in [5.74, 6) is -2.99. The molecule has 2 aliphatic rings. The van der Waals surface area contributed by atoms with E-state index in [2.05, 4.69) is 5.32 Å². The Morgan fingerprint density at radius 1 is 0.920 bits per heavy atom. The minimum atomic E-state index is -1.34. The van der Waals surface area contributed by atoms with E-state index in [1.165, 1.54) is 33.2 Å². The average molecular weight is 694 g/mol. The van der Waals surface area contributed by atoms with Gasteiger partial charge in [0, 0.05) is 39.3 Å². The van der Waals surface area contributed by atoms with E-state index in [-0.39, 0.29) is 34.3 Å². The van der Waals surface area contributed by atoms with E-state index in [9.17, 15) is 39.5 Å². The van der Waals surface area contributed by atoms with Crippen molar-refractivity contribution in [3.8, 4) is 34.5 Å². The van der Waals surface area contributed by atoms with Gasteiger partial charge >= 0.3 is 11.9 Å². The number of nitrogens with zero attached hydrogens (tertiary/aromatic N) is 2. The fraction of sp³-hybridized carbons (Fsp3) is 0.353. The smallest absolute Gasteiger partial charge is 0.341 e. The summed E-state index contributed by atoms with van der Waals surface area (Å²) in [6.07, 6.45) is -2.14. The molecule has 3 aromatic carbocycles. The van der Waals surface area contributed by atoms with Crippen LogP contribution in [0.15, 0.2) is 36.4 Å². The topological polar surface area (TPSA) is 213 Å². The summed E-state index contributed by atoms with van der Waals surface area (Å²) < 4.78 is 28.4. The number of nitro groups is 1. The summed E-state index contributed by atoms with van der Waals surface area (Å²) >= 11 is 0. The summed E-state index contributed by atoms with van der Waals surface area (Å²) in [6, 6.07) is 7.98. The van der Waals surface area contributed by atoms with E-state index >= 15 is 0 Å². The number of carboxylic acids is 2. The molecular formula is C34H35N3O13. The largest absolute Gasteiger partial charge is 0.496 e. The van der Waals surface area contributed by atoms with E-state index in [4.69, 9.17) is 23.7 Å². The lowest BCUT2D eigenvalue weighted by Gasteiger charge is -2.37. The van der Waals surface area contributed by atoms with E-state index in [0.717, 1.165) is 12.1 Å². The van der Waals surface area contributed by atoms with Crippen LogP contribution in [0.2, 0.25) is 0 Å². The second kappa shape index (κ2) is 13.4. The summed E-state index contributed by atoms with van der Waals surface area (Å²) in [5.41, 5.74) is 0.677. The highest BCUT2D eigenvalue weighted by atomic mass is 16.6. The maximum atomic E-state index is 14.4. The van der Waals surface area contributed by atoms with Crippen molar-refractivity contribution in [2.24, 2.45) is 0 Å². The lowest BCUT2D eigenvalue weighted by atomic mass is 9.74. The molecule has 0 spiro atoms. The van der Waals surface area contributed by atoms with Gasteiger partial charge < -0.3 is 44.1 Å². The number of aliphatic carboxylic acids is 2. The quantitative estimate of drug-likeness (QED) is 0.182. The molecule has 0 aliphatic carbocycles. The van der Waals surface area contributed by atoms with Crippen LogP contribution in [0, 0.1) is 10.1 Å². The predicted molar refractivity (Wildman–Crippen MR) is 173 cm³/mol. The van der Waals surface area contributed by atoms with Gasteiger partial charge in [0.2, 0.25) is 11.8 Å². The van der Waals surface area contributed by atoms with Crippen molar-refractivity contribution in [3.63, 3.8) is 0 Å². The molecule has 0 radical (unpaired) electrons. The number of ether oxygens (including phenoxy) is 5. The summed E-state index contributed by atoms with van der Waals surface area (Å²) in [5, 5.41) is 33.5. The van der Waals surface area contributed by atoms with Gasteiger partial charge in [0.1, 0.15) is 35.2 Å². The Bertz CT molecular complexity index is 1920. The van der Waals surface area contributed by atoms with Gasteiger partial charge in [-0.25, -0.2) is 4.79 Å². The molecule has 16 nitrogen and oxygen atoms in total. The first-order valence-electron chi connectivity index (χ1n) is 15.3. The van der Waals surface area contributed by atoms with Gasteiger partial charge in [-0.1, -0.05) is 26.0 Å². The molecular weight excluding hydrogens is 658 g/mol. The highest BCUT2D eigenvalue weighted by Gasteiger charge is 2.45. The van der Waals surface area contributed by atoms with E-state index in [0.29, 0.717) is 28.0 Å². The molecule has 0 bridgehead atoms. The van der Waals surface area contributed by atoms with Gasteiger partial charge in [0.15, 0.2) is 18.1 Å². The Morgan fingerprint density at radius 3 is 1.98 bits per heavy atom. The number of amides is 2. The fourth-order valence-electron chi connectivity index (χ4n) is 6.41. The van der Waals surface area contributed by atoms with Gasteiger partial charge in [0.05, 0.1) is 45.2 Å². The Balaban J connectivity index is 1.63. The molecule has 2 atom stereocenters. The van der Waals surface area contributed by atoms with Crippen molar-refractivity contribution >= 4 is 29.4 Å². The van der Waals surface area contributed by atoms with Crippen molar-refractivity contribution < 1.29 is 58.0 Å². The van der Waals surface area contributed by atoms with Crippen molar-refractivity contribution in [3.05, 3.63) is 74.3 Å². The molecule has 50 heavy (non-hydrogen) atoms. The number of rotatable bonds is 12. The third kappa shape index (κ3) is 6.15. The molecule has 0 saturated carbocycles. The zero-order chi connectivity index (χ0) is 36.7. The van der Waals surface area contributed by atoms with Crippen LogP contribution in [0.1, 0.15) is 54.8 Å². The van der Waals surface area contributed by atoms with Crippen LogP contribution in [-0.2, 0) is 37.4 Å². The Kier molecular flexibility index (Phi) is 9.48. The number of nitro benzene ring substituents is 1. The normalized spacial score (nSPS) is 17.1. The van der Waals surface area contributed by atoms with Crippen LogP contribution in [0.25, 0.3) is 0 Å². The number of methoxy groups -OCH3 is 3. The van der Waals surface area contributed by atoms with Crippen LogP contribution in [0.5, 0.6) is 34.5 Å². The van der Waals surface area contributed by atoms with Crippen LogP contribution < -0.4 is 29.0 Å². The molecule has 2 aliphatic heterocycles. The molecule has 0 aromatic heterocycles. The van der Waals surface area contributed by atoms with Crippen LogP contribution in [-0.4, -0.2) is 77.8 Å². The fourth-order valence-corrected chi connectivity index (χ4v) is 6.41. The first-order valence-corrected chi connectivity index (χ1v) is 15.3. The summed E-state index contributed by atoms with van der Waals surface area (Å²) in [6.45, 7) is 4.48. The predicted octanol–water partition coefficient (Wildman–Crippen LogP) is 3.73. The highest BCUT2D eigenvalue weighted by molar-refractivity contribution is 5.93. The molecule has 0 unspecified atom stereocenters. The van der Waals surface area contributed by atoms with Gasteiger partial charge in [-0.15, -0.1) is 0 Å². The minimum Gasteiger partial charge on any atom is -0.496 e. The molecule has 3 N–H and O–H groups in total. The number of carbonyl (C=O) groups excluding carboxylic acids is 2.